The van der Waals surface area contributed by atoms with Crippen molar-refractivity contribution in [3.8, 4) is 0 Å². The van der Waals surface area contributed by atoms with E-state index in [4.69, 9.17) is 13.9 Å². The number of rotatable bonds is 4. The van der Waals surface area contributed by atoms with E-state index in [1.54, 1.807) is 12.1 Å². The predicted molar refractivity (Wildman–Crippen MR) is 75.6 cm³/mol. The third kappa shape index (κ3) is 3.48. The van der Waals surface area contributed by atoms with Crippen LogP contribution in [0.2, 0.25) is 0 Å². The molecule has 7 heteroatoms. The Bertz CT molecular complexity index is 522. The maximum atomic E-state index is 11.7. The average molecular weight is 308 g/mol. The molecule has 2 aliphatic rings. The van der Waals surface area contributed by atoms with E-state index in [1.165, 1.54) is 6.26 Å². The molecule has 1 spiro atoms. The number of amides is 2. The second kappa shape index (κ2) is 6.50. The molecule has 0 radical (unpaired) electrons. The molecule has 1 atom stereocenters. The van der Waals surface area contributed by atoms with Gasteiger partial charge >= 0.3 is 11.8 Å². The number of carbonyl (C=O) groups is 2. The molecule has 2 N–H and O–H groups in total. The van der Waals surface area contributed by atoms with E-state index >= 15 is 0 Å². The third-order valence-electron chi connectivity index (χ3n) is 3.98. The van der Waals surface area contributed by atoms with Crippen LogP contribution in [0.25, 0.3) is 0 Å². The van der Waals surface area contributed by atoms with E-state index in [2.05, 4.69) is 10.6 Å². The summed E-state index contributed by atoms with van der Waals surface area (Å²) < 4.78 is 16.7. The second-order valence-corrected chi connectivity index (χ2v) is 5.64. The number of hydrogen-bond acceptors (Lipinski definition) is 5. The van der Waals surface area contributed by atoms with Crippen LogP contribution in [-0.4, -0.2) is 36.9 Å². The Morgan fingerprint density at radius 2 is 2.00 bits per heavy atom. The Hall–Kier alpha value is -1.86. The van der Waals surface area contributed by atoms with Gasteiger partial charge in [0.1, 0.15) is 11.9 Å². The topological polar surface area (TPSA) is 89.8 Å². The second-order valence-electron chi connectivity index (χ2n) is 5.64. The van der Waals surface area contributed by atoms with Crippen LogP contribution in [0.5, 0.6) is 0 Å². The van der Waals surface area contributed by atoms with Crippen LogP contribution < -0.4 is 10.6 Å². The van der Waals surface area contributed by atoms with Crippen LogP contribution in [0, 0.1) is 0 Å². The summed E-state index contributed by atoms with van der Waals surface area (Å²) in [4.78, 5) is 23.4. The molecule has 1 saturated heterocycles. The lowest BCUT2D eigenvalue weighted by molar-refractivity contribution is -0.161. The van der Waals surface area contributed by atoms with Gasteiger partial charge in [0.2, 0.25) is 0 Å². The normalized spacial score (nSPS) is 22.8. The van der Waals surface area contributed by atoms with E-state index in [0.717, 1.165) is 25.7 Å². The fourth-order valence-corrected chi connectivity index (χ4v) is 2.84. The minimum absolute atomic E-state index is 0.186. The first-order valence-electron chi connectivity index (χ1n) is 7.57. The molecule has 3 rings (SSSR count). The highest BCUT2D eigenvalue weighted by Gasteiger charge is 2.43. The van der Waals surface area contributed by atoms with Gasteiger partial charge in [-0.15, -0.1) is 0 Å². The van der Waals surface area contributed by atoms with Gasteiger partial charge in [0.25, 0.3) is 0 Å². The number of nitrogens with one attached hydrogen (secondary N) is 2. The quantitative estimate of drug-likeness (QED) is 0.799. The molecule has 1 aliphatic heterocycles. The predicted octanol–water partition coefficient (Wildman–Crippen LogP) is 0.698. The molecule has 7 nitrogen and oxygen atoms in total. The Balaban J connectivity index is 1.38. The summed E-state index contributed by atoms with van der Waals surface area (Å²) in [6.45, 7) is 0.911. The molecule has 1 saturated carbocycles. The molecule has 1 aromatic rings. The fraction of sp³-hybridized carbons (Fsp3) is 0.600. The molecule has 22 heavy (non-hydrogen) atoms. The average Bonchev–Trinajstić information content (AvgIpc) is 3.26. The summed E-state index contributed by atoms with van der Waals surface area (Å²) in [6, 6.07) is 3.45. The van der Waals surface area contributed by atoms with Gasteiger partial charge in [-0.3, -0.25) is 9.59 Å². The fourth-order valence-electron chi connectivity index (χ4n) is 2.84. The van der Waals surface area contributed by atoms with Gasteiger partial charge in [-0.1, -0.05) is 0 Å². The van der Waals surface area contributed by atoms with Crippen LogP contribution in [0.1, 0.15) is 31.4 Å². The molecule has 0 aromatic carbocycles. The summed E-state index contributed by atoms with van der Waals surface area (Å²) >= 11 is 0. The Kier molecular flexibility index (Phi) is 4.44. The summed E-state index contributed by atoms with van der Waals surface area (Å²) in [7, 11) is 0. The minimum Gasteiger partial charge on any atom is -0.467 e. The molecule has 0 bridgehead atoms. The maximum Gasteiger partial charge on any atom is 0.309 e. The monoisotopic (exact) mass is 308 g/mol. The van der Waals surface area contributed by atoms with Crippen molar-refractivity contribution in [3.05, 3.63) is 24.2 Å². The Morgan fingerprint density at radius 1 is 1.23 bits per heavy atom. The van der Waals surface area contributed by atoms with Crippen LogP contribution >= 0.6 is 0 Å². The van der Waals surface area contributed by atoms with Crippen molar-refractivity contribution in [3.63, 3.8) is 0 Å². The highest BCUT2D eigenvalue weighted by Crippen LogP contribution is 2.38. The van der Waals surface area contributed by atoms with Crippen molar-refractivity contribution < 1.29 is 23.5 Å². The van der Waals surface area contributed by atoms with Gasteiger partial charge in [0.15, 0.2) is 5.79 Å². The highest BCUT2D eigenvalue weighted by molar-refractivity contribution is 6.35. The van der Waals surface area contributed by atoms with Crippen molar-refractivity contribution in [2.75, 3.05) is 13.2 Å². The molecule has 0 unspecified atom stereocenters. The van der Waals surface area contributed by atoms with E-state index in [9.17, 15) is 9.59 Å². The lowest BCUT2D eigenvalue weighted by atomic mass is 10.2. The molecule has 1 aliphatic carbocycles. The van der Waals surface area contributed by atoms with Crippen LogP contribution in [0.4, 0.5) is 0 Å². The third-order valence-corrected chi connectivity index (χ3v) is 3.98. The zero-order valence-electron chi connectivity index (χ0n) is 12.3. The van der Waals surface area contributed by atoms with Crippen LogP contribution in [-0.2, 0) is 25.6 Å². The van der Waals surface area contributed by atoms with Crippen molar-refractivity contribution in [2.45, 2.75) is 44.1 Å². The van der Waals surface area contributed by atoms with Crippen LogP contribution in [0.3, 0.4) is 0 Å². The lowest BCUT2D eigenvalue weighted by Crippen LogP contribution is -2.43. The molecule has 120 valence electrons. The molecule has 1 aromatic heterocycles. The Morgan fingerprint density at radius 3 is 2.73 bits per heavy atom. The van der Waals surface area contributed by atoms with Crippen molar-refractivity contribution >= 4 is 11.8 Å². The summed E-state index contributed by atoms with van der Waals surface area (Å²) in [5, 5.41) is 5.07. The molecular formula is C15H20N2O5. The molecule has 2 amide bonds. The SMILES string of the molecule is O=C(NCc1ccco1)C(=O)NC[C@H]1COC2(CCCC2)O1. The zero-order valence-corrected chi connectivity index (χ0v) is 12.3. The van der Waals surface area contributed by atoms with Gasteiger partial charge in [0.05, 0.1) is 19.4 Å². The largest absolute Gasteiger partial charge is 0.467 e. The van der Waals surface area contributed by atoms with Crippen molar-refractivity contribution in [2.24, 2.45) is 0 Å². The van der Waals surface area contributed by atoms with Gasteiger partial charge in [-0.25, -0.2) is 0 Å². The molecule has 2 heterocycles. The lowest BCUT2D eigenvalue weighted by Gasteiger charge is -2.21. The van der Waals surface area contributed by atoms with Crippen LogP contribution in [0.15, 0.2) is 22.8 Å². The van der Waals surface area contributed by atoms with E-state index in [1.807, 2.05) is 0 Å². The Labute approximate surface area is 128 Å². The minimum atomic E-state index is -0.689. The van der Waals surface area contributed by atoms with Crippen molar-refractivity contribution in [1.82, 2.24) is 10.6 Å². The summed E-state index contributed by atoms with van der Waals surface area (Å²) in [5.74, 6) is -1.22. The number of furan rings is 1. The van der Waals surface area contributed by atoms with E-state index in [-0.39, 0.29) is 19.2 Å². The first-order chi connectivity index (χ1) is 10.7. The number of ether oxygens (including phenoxy) is 2. The standard InChI is InChI=1S/C15H20N2O5/c18-13(16-8-11-4-3-7-20-11)14(19)17-9-12-10-21-15(22-12)5-1-2-6-15/h3-4,7,12H,1-2,5-6,8-10H2,(H,16,18)(H,17,19)/t12-/m0/s1. The number of carbonyl (C=O) groups excluding carboxylic acids is 2. The smallest absolute Gasteiger partial charge is 0.309 e. The van der Waals surface area contributed by atoms with E-state index < -0.39 is 17.6 Å². The molecule has 2 fully saturated rings. The van der Waals surface area contributed by atoms with Gasteiger partial charge < -0.3 is 24.5 Å². The summed E-state index contributed by atoms with van der Waals surface area (Å²) in [6.07, 6.45) is 5.34. The summed E-state index contributed by atoms with van der Waals surface area (Å²) in [5.41, 5.74) is 0. The van der Waals surface area contributed by atoms with E-state index in [0.29, 0.717) is 12.4 Å². The maximum absolute atomic E-state index is 11.7. The first kappa shape index (κ1) is 15.1. The van der Waals surface area contributed by atoms with Gasteiger partial charge in [-0.05, 0) is 25.0 Å². The van der Waals surface area contributed by atoms with Crippen molar-refractivity contribution in [1.29, 1.82) is 0 Å². The first-order valence-corrected chi connectivity index (χ1v) is 7.57. The van der Waals surface area contributed by atoms with Gasteiger partial charge in [-0.2, -0.15) is 0 Å². The van der Waals surface area contributed by atoms with Gasteiger partial charge in [0, 0.05) is 19.4 Å². The highest BCUT2D eigenvalue weighted by atomic mass is 16.7. The number of hydrogen-bond donors (Lipinski definition) is 2. The molecular weight excluding hydrogens is 288 g/mol. The zero-order chi connectivity index (χ0) is 15.4.